The van der Waals surface area contributed by atoms with Gasteiger partial charge in [0.15, 0.2) is 0 Å². The lowest BCUT2D eigenvalue weighted by molar-refractivity contribution is -0.903. The summed E-state index contributed by atoms with van der Waals surface area (Å²) in [5.41, 5.74) is -0.0263. The molecule has 172 valence electrons. The number of thiazole rings is 1. The summed E-state index contributed by atoms with van der Waals surface area (Å²) in [5.74, 6) is 1.14. The first kappa shape index (κ1) is 24.7. The first-order chi connectivity index (χ1) is 15.0. The van der Waals surface area contributed by atoms with Crippen molar-refractivity contribution in [1.82, 2.24) is 4.98 Å². The summed E-state index contributed by atoms with van der Waals surface area (Å²) >= 11 is 1.66. The van der Waals surface area contributed by atoms with E-state index in [-0.39, 0.29) is 18.3 Å². The number of quaternary nitrogens is 1. The number of benzene rings is 2. The van der Waals surface area contributed by atoms with Gasteiger partial charge in [0.05, 0.1) is 19.0 Å². The van der Waals surface area contributed by atoms with Gasteiger partial charge in [0.1, 0.15) is 36.1 Å². The van der Waals surface area contributed by atoms with Crippen LogP contribution in [0.4, 0.5) is 0 Å². The molecular weight excluding hydrogens is 440 g/mol. The minimum atomic E-state index is -0.992. The van der Waals surface area contributed by atoms with Gasteiger partial charge in [0.25, 0.3) is 0 Å². The zero-order valence-electron chi connectivity index (χ0n) is 18.9. The first-order valence-corrected chi connectivity index (χ1v) is 12.0. The number of para-hydroxylation sites is 1. The molecule has 1 aliphatic rings. The molecule has 1 atom stereocenters. The molecular formula is C26H33ClN2O2S. The molecule has 1 saturated carbocycles. The van der Waals surface area contributed by atoms with Crippen molar-refractivity contribution < 1.29 is 26.7 Å². The van der Waals surface area contributed by atoms with Crippen LogP contribution in [0.1, 0.15) is 41.1 Å². The second-order valence-corrected chi connectivity index (χ2v) is 10.3. The van der Waals surface area contributed by atoms with Gasteiger partial charge in [-0.05, 0) is 36.5 Å². The summed E-state index contributed by atoms with van der Waals surface area (Å²) in [6, 6.07) is 20.1. The highest BCUT2D eigenvalue weighted by Crippen LogP contribution is 2.46. The second-order valence-electron chi connectivity index (χ2n) is 9.22. The van der Waals surface area contributed by atoms with Crippen LogP contribution in [-0.4, -0.2) is 41.8 Å². The van der Waals surface area contributed by atoms with E-state index in [2.05, 4.69) is 14.1 Å². The number of aliphatic hydroxyl groups is 1. The molecule has 0 amide bonds. The normalized spacial score (nSPS) is 16.3. The molecule has 0 saturated heterocycles. The van der Waals surface area contributed by atoms with Gasteiger partial charge in [-0.2, -0.15) is 0 Å². The average Bonchev–Trinajstić information content (AvgIpc) is 3.47. The molecule has 1 heterocycles. The third-order valence-corrected chi connectivity index (χ3v) is 7.44. The van der Waals surface area contributed by atoms with E-state index in [1.807, 2.05) is 66.9 Å². The predicted molar refractivity (Wildman–Crippen MR) is 126 cm³/mol. The highest BCUT2D eigenvalue weighted by molar-refractivity contribution is 7.11. The molecule has 3 aromatic rings. The SMILES string of the molecule is C[N+](C)(CCOc1ccccc1)Cc1cnc(C(O)(c2ccccc2)C2CCCC2)s1.[Cl-]. The number of aromatic nitrogens is 1. The van der Waals surface area contributed by atoms with Gasteiger partial charge in [0.2, 0.25) is 0 Å². The Hall–Kier alpha value is -1.92. The summed E-state index contributed by atoms with van der Waals surface area (Å²) in [6.07, 6.45) is 6.44. The Morgan fingerprint density at radius 1 is 1.03 bits per heavy atom. The van der Waals surface area contributed by atoms with Crippen LogP contribution in [0, 0.1) is 5.92 Å². The number of likely N-dealkylation sites (N-methyl/N-ethyl adjacent to an activating group) is 1. The zero-order valence-corrected chi connectivity index (χ0v) is 20.5. The molecule has 1 aliphatic carbocycles. The van der Waals surface area contributed by atoms with E-state index in [4.69, 9.17) is 9.72 Å². The monoisotopic (exact) mass is 472 g/mol. The van der Waals surface area contributed by atoms with Crippen LogP contribution in [-0.2, 0) is 12.1 Å². The lowest BCUT2D eigenvalue weighted by Crippen LogP contribution is -3.00. The highest BCUT2D eigenvalue weighted by Gasteiger charge is 2.44. The van der Waals surface area contributed by atoms with Crippen molar-refractivity contribution in [3.63, 3.8) is 0 Å². The molecule has 4 rings (SSSR count). The Labute approximate surface area is 201 Å². The summed E-state index contributed by atoms with van der Waals surface area (Å²) in [7, 11) is 4.43. The van der Waals surface area contributed by atoms with Gasteiger partial charge < -0.3 is 26.7 Å². The van der Waals surface area contributed by atoms with E-state index >= 15 is 0 Å². The topological polar surface area (TPSA) is 42.4 Å². The molecule has 1 aromatic heterocycles. The van der Waals surface area contributed by atoms with E-state index in [1.165, 1.54) is 17.7 Å². The largest absolute Gasteiger partial charge is 1.00 e. The number of hydrogen-bond donors (Lipinski definition) is 1. The Morgan fingerprint density at radius 3 is 2.31 bits per heavy atom. The quantitative estimate of drug-likeness (QED) is 0.486. The van der Waals surface area contributed by atoms with Crippen molar-refractivity contribution >= 4 is 11.3 Å². The molecule has 0 aliphatic heterocycles. The van der Waals surface area contributed by atoms with Crippen molar-refractivity contribution in [3.05, 3.63) is 82.3 Å². The lowest BCUT2D eigenvalue weighted by Gasteiger charge is -2.33. The molecule has 2 aromatic carbocycles. The fourth-order valence-electron chi connectivity index (χ4n) is 4.55. The van der Waals surface area contributed by atoms with Crippen LogP contribution in [0.15, 0.2) is 66.9 Å². The summed E-state index contributed by atoms with van der Waals surface area (Å²) < 4.78 is 6.70. The third-order valence-electron chi connectivity index (χ3n) is 6.33. The minimum absolute atomic E-state index is 0. The van der Waals surface area contributed by atoms with Crippen LogP contribution >= 0.6 is 11.3 Å². The van der Waals surface area contributed by atoms with Crippen LogP contribution in [0.5, 0.6) is 5.75 Å². The number of ether oxygens (including phenoxy) is 1. The summed E-state index contributed by atoms with van der Waals surface area (Å²) in [6.45, 7) is 2.43. The predicted octanol–water partition coefficient (Wildman–Crippen LogP) is 2.23. The fraction of sp³-hybridized carbons (Fsp3) is 0.423. The van der Waals surface area contributed by atoms with Crippen molar-refractivity contribution in [3.8, 4) is 5.75 Å². The molecule has 32 heavy (non-hydrogen) atoms. The van der Waals surface area contributed by atoms with Crippen LogP contribution < -0.4 is 17.1 Å². The third kappa shape index (κ3) is 5.70. The van der Waals surface area contributed by atoms with Gasteiger partial charge in [-0.1, -0.05) is 61.4 Å². The fourth-order valence-corrected chi connectivity index (χ4v) is 5.87. The Balaban J connectivity index is 0.00000289. The van der Waals surface area contributed by atoms with Gasteiger partial charge in [-0.15, -0.1) is 11.3 Å². The summed E-state index contributed by atoms with van der Waals surface area (Å²) in [5, 5.41) is 12.8. The maximum Gasteiger partial charge on any atom is 0.144 e. The van der Waals surface area contributed by atoms with Gasteiger partial charge in [-0.25, -0.2) is 4.98 Å². The van der Waals surface area contributed by atoms with E-state index < -0.39 is 5.60 Å². The summed E-state index contributed by atoms with van der Waals surface area (Å²) in [4.78, 5) is 5.95. The van der Waals surface area contributed by atoms with Crippen molar-refractivity contribution in [2.24, 2.45) is 5.92 Å². The highest BCUT2D eigenvalue weighted by atomic mass is 35.5. The number of halogens is 1. The maximum atomic E-state index is 12.0. The molecule has 1 N–H and O–H groups in total. The van der Waals surface area contributed by atoms with E-state index in [0.29, 0.717) is 6.61 Å². The molecule has 1 fully saturated rings. The minimum Gasteiger partial charge on any atom is -1.00 e. The van der Waals surface area contributed by atoms with Gasteiger partial charge in [0, 0.05) is 6.20 Å². The lowest BCUT2D eigenvalue weighted by atomic mass is 9.80. The van der Waals surface area contributed by atoms with E-state index in [9.17, 15) is 5.11 Å². The first-order valence-electron chi connectivity index (χ1n) is 11.2. The van der Waals surface area contributed by atoms with E-state index in [1.54, 1.807) is 11.3 Å². The zero-order chi connectivity index (χ0) is 21.7. The van der Waals surface area contributed by atoms with Crippen molar-refractivity contribution in [2.75, 3.05) is 27.2 Å². The molecule has 1 unspecified atom stereocenters. The smallest absolute Gasteiger partial charge is 0.144 e. The van der Waals surface area contributed by atoms with Crippen LogP contribution in [0.2, 0.25) is 0 Å². The number of rotatable bonds is 9. The average molecular weight is 473 g/mol. The number of hydrogen-bond acceptors (Lipinski definition) is 4. The van der Waals surface area contributed by atoms with Gasteiger partial charge >= 0.3 is 0 Å². The van der Waals surface area contributed by atoms with Crippen molar-refractivity contribution in [1.29, 1.82) is 0 Å². The van der Waals surface area contributed by atoms with E-state index in [0.717, 1.165) is 46.7 Å². The second kappa shape index (κ2) is 10.8. The van der Waals surface area contributed by atoms with Crippen molar-refractivity contribution in [2.45, 2.75) is 37.8 Å². The van der Waals surface area contributed by atoms with Crippen LogP contribution in [0.3, 0.4) is 0 Å². The Morgan fingerprint density at radius 2 is 1.66 bits per heavy atom. The Bertz CT molecular complexity index is 958. The molecule has 0 bridgehead atoms. The Kier molecular flexibility index (Phi) is 8.34. The number of nitrogens with zero attached hydrogens (tertiary/aromatic N) is 2. The molecule has 0 spiro atoms. The van der Waals surface area contributed by atoms with Gasteiger partial charge in [-0.3, -0.25) is 0 Å². The van der Waals surface area contributed by atoms with Crippen LogP contribution in [0.25, 0.3) is 0 Å². The standard InChI is InChI=1S/C26H33N2O2S.ClH/c1-28(2,17-18-30-23-15-7-4-8-16-23)20-24-19-27-25(31-24)26(29,22-13-9-10-14-22)21-11-5-3-6-12-21;/h3-8,11-12,15-16,19,22,29H,9-10,13-14,17-18,20H2,1-2H3;1H/q+1;/p-1. The molecule has 4 nitrogen and oxygen atoms in total. The molecule has 0 radical (unpaired) electrons. The molecule has 6 heteroatoms. The maximum absolute atomic E-state index is 12.0.